The van der Waals surface area contributed by atoms with E-state index < -0.39 is 12.3 Å². The van der Waals surface area contributed by atoms with Gasteiger partial charge in [0.25, 0.3) is 0 Å². The van der Waals surface area contributed by atoms with Crippen molar-refractivity contribution in [2.24, 2.45) is 0 Å². The molecule has 0 heterocycles. The number of halogens is 3. The zero-order valence-electron chi connectivity index (χ0n) is 8.31. The lowest BCUT2D eigenvalue weighted by molar-refractivity contribution is -0.206. The van der Waals surface area contributed by atoms with Crippen LogP contribution in [0.1, 0.15) is 32.6 Å². The molecule has 0 aliphatic heterocycles. The van der Waals surface area contributed by atoms with E-state index >= 15 is 0 Å². The predicted octanol–water partition coefficient (Wildman–Crippen LogP) is 2.51. The van der Waals surface area contributed by atoms with E-state index in [4.69, 9.17) is 9.84 Å². The molecule has 0 saturated heterocycles. The van der Waals surface area contributed by atoms with E-state index in [9.17, 15) is 13.2 Å². The fourth-order valence-corrected chi connectivity index (χ4v) is 0.891. The lowest BCUT2D eigenvalue weighted by Crippen LogP contribution is -2.28. The summed E-state index contributed by atoms with van der Waals surface area (Å²) in [4.78, 5) is 0. The van der Waals surface area contributed by atoms with Gasteiger partial charge in [-0.2, -0.15) is 13.2 Å². The molecule has 0 spiro atoms. The molecule has 0 amide bonds. The number of unbranched alkanes of at least 4 members (excludes halogenated alkanes) is 1. The molecule has 86 valence electrons. The maximum atomic E-state index is 11.8. The summed E-state index contributed by atoms with van der Waals surface area (Å²) < 4.78 is 40.4. The second kappa shape index (κ2) is 7.06. The van der Waals surface area contributed by atoms with Gasteiger partial charge in [-0.25, -0.2) is 0 Å². The summed E-state index contributed by atoms with van der Waals surface area (Å²) in [6.45, 7) is 2.88. The minimum Gasteiger partial charge on any atom is -0.384 e. The molecule has 0 aliphatic rings. The fourth-order valence-electron chi connectivity index (χ4n) is 0.891. The average molecular weight is 214 g/mol. The predicted molar refractivity (Wildman–Crippen MR) is 47.0 cm³/mol. The van der Waals surface area contributed by atoms with Crippen molar-refractivity contribution in [1.29, 1.82) is 0 Å². The first kappa shape index (κ1) is 13.7. The average Bonchev–Trinajstić information content (AvgIpc) is 2.09. The highest BCUT2D eigenvalue weighted by atomic mass is 19.4. The topological polar surface area (TPSA) is 29.5 Å². The summed E-state index contributed by atoms with van der Waals surface area (Å²) in [5, 5.41) is 8.61. The monoisotopic (exact) mass is 214 g/mol. The Bertz CT molecular complexity index is 137. The lowest BCUT2D eigenvalue weighted by Gasteiger charge is -2.13. The van der Waals surface area contributed by atoms with Gasteiger partial charge < -0.3 is 9.84 Å². The highest BCUT2D eigenvalue weighted by Gasteiger charge is 2.37. The molecule has 0 bridgehead atoms. The summed E-state index contributed by atoms with van der Waals surface area (Å²) in [5.74, 6) is 0. The molecule has 0 fully saturated rings. The SMILES string of the molecule is CCCCOCCC[C@@H](O)C(F)(F)F. The third kappa shape index (κ3) is 7.15. The molecule has 0 aromatic carbocycles. The molecular formula is C9H17F3O2. The van der Waals surface area contributed by atoms with Crippen LogP contribution in [0.4, 0.5) is 13.2 Å². The maximum absolute atomic E-state index is 11.8. The molecule has 2 nitrogen and oxygen atoms in total. The summed E-state index contributed by atoms with van der Waals surface area (Å²) in [7, 11) is 0. The first-order chi connectivity index (χ1) is 6.48. The second-order valence-corrected chi connectivity index (χ2v) is 3.17. The van der Waals surface area contributed by atoms with Crippen molar-refractivity contribution in [2.45, 2.75) is 44.9 Å². The molecule has 0 radical (unpaired) electrons. The molecule has 0 rings (SSSR count). The van der Waals surface area contributed by atoms with Crippen LogP contribution in [0.3, 0.4) is 0 Å². The Morgan fingerprint density at radius 3 is 2.29 bits per heavy atom. The van der Waals surface area contributed by atoms with Gasteiger partial charge >= 0.3 is 6.18 Å². The summed E-state index contributed by atoms with van der Waals surface area (Å²) in [6, 6.07) is 0. The van der Waals surface area contributed by atoms with Crippen LogP contribution in [-0.2, 0) is 4.74 Å². The number of rotatable bonds is 7. The number of aliphatic hydroxyl groups excluding tert-OH is 1. The number of ether oxygens (including phenoxy) is 1. The molecule has 1 atom stereocenters. The van der Waals surface area contributed by atoms with Gasteiger partial charge in [-0.3, -0.25) is 0 Å². The molecular weight excluding hydrogens is 197 g/mol. The van der Waals surface area contributed by atoms with Gasteiger partial charge in [0.1, 0.15) is 6.10 Å². The van der Waals surface area contributed by atoms with Crippen LogP contribution in [0, 0.1) is 0 Å². The Labute approximate surface area is 82.1 Å². The molecule has 14 heavy (non-hydrogen) atoms. The van der Waals surface area contributed by atoms with Crippen LogP contribution in [0.15, 0.2) is 0 Å². The lowest BCUT2D eigenvalue weighted by atomic mass is 10.2. The largest absolute Gasteiger partial charge is 0.414 e. The first-order valence-corrected chi connectivity index (χ1v) is 4.81. The van der Waals surface area contributed by atoms with E-state index in [1.807, 2.05) is 6.92 Å². The van der Waals surface area contributed by atoms with Crippen LogP contribution in [0.5, 0.6) is 0 Å². The van der Waals surface area contributed by atoms with E-state index in [1.165, 1.54) is 0 Å². The minimum absolute atomic E-state index is 0.240. The zero-order chi connectivity index (χ0) is 11.0. The van der Waals surface area contributed by atoms with Gasteiger partial charge in [-0.05, 0) is 19.3 Å². The number of hydrogen-bond acceptors (Lipinski definition) is 2. The van der Waals surface area contributed by atoms with E-state index in [0.29, 0.717) is 6.61 Å². The molecule has 0 aliphatic carbocycles. The third-order valence-electron chi connectivity index (χ3n) is 1.79. The van der Waals surface area contributed by atoms with Gasteiger partial charge in [0.2, 0.25) is 0 Å². The molecule has 0 aromatic rings. The minimum atomic E-state index is -4.50. The van der Waals surface area contributed by atoms with Crippen molar-refractivity contribution < 1.29 is 23.0 Å². The summed E-state index contributed by atoms with van der Waals surface area (Å²) in [6.07, 6.45) is -4.83. The first-order valence-electron chi connectivity index (χ1n) is 4.81. The van der Waals surface area contributed by atoms with Crippen LogP contribution < -0.4 is 0 Å². The highest BCUT2D eigenvalue weighted by molar-refractivity contribution is 4.64. The number of aliphatic hydroxyl groups is 1. The van der Waals surface area contributed by atoms with Crippen molar-refractivity contribution in [3.8, 4) is 0 Å². The van der Waals surface area contributed by atoms with Gasteiger partial charge in [-0.15, -0.1) is 0 Å². The quantitative estimate of drug-likeness (QED) is 0.660. The van der Waals surface area contributed by atoms with Crippen LogP contribution in [-0.4, -0.2) is 30.6 Å². The number of hydrogen-bond donors (Lipinski definition) is 1. The third-order valence-corrected chi connectivity index (χ3v) is 1.79. The normalized spacial score (nSPS) is 14.4. The van der Waals surface area contributed by atoms with Crippen molar-refractivity contribution in [3.63, 3.8) is 0 Å². The smallest absolute Gasteiger partial charge is 0.384 e. The highest BCUT2D eigenvalue weighted by Crippen LogP contribution is 2.22. The Balaban J connectivity index is 3.28. The van der Waals surface area contributed by atoms with Crippen molar-refractivity contribution in [3.05, 3.63) is 0 Å². The van der Waals surface area contributed by atoms with Crippen molar-refractivity contribution in [2.75, 3.05) is 13.2 Å². The summed E-state index contributed by atoms with van der Waals surface area (Å²) in [5.41, 5.74) is 0. The van der Waals surface area contributed by atoms with E-state index in [0.717, 1.165) is 12.8 Å². The summed E-state index contributed by atoms with van der Waals surface area (Å²) >= 11 is 0. The molecule has 0 saturated carbocycles. The second-order valence-electron chi connectivity index (χ2n) is 3.17. The van der Waals surface area contributed by atoms with Crippen LogP contribution in [0.25, 0.3) is 0 Å². The van der Waals surface area contributed by atoms with E-state index in [2.05, 4.69) is 0 Å². The van der Waals surface area contributed by atoms with Crippen molar-refractivity contribution in [1.82, 2.24) is 0 Å². The molecule has 0 unspecified atom stereocenters. The van der Waals surface area contributed by atoms with Gasteiger partial charge in [0, 0.05) is 13.2 Å². The number of alkyl halides is 3. The van der Waals surface area contributed by atoms with E-state index in [-0.39, 0.29) is 19.4 Å². The molecule has 5 heteroatoms. The Kier molecular flexibility index (Phi) is 6.92. The molecule has 0 aromatic heterocycles. The molecule has 1 N–H and O–H groups in total. The Hall–Kier alpha value is -0.290. The fraction of sp³-hybridized carbons (Fsp3) is 1.00. The zero-order valence-corrected chi connectivity index (χ0v) is 8.31. The standard InChI is InChI=1S/C9H17F3O2/c1-2-3-6-14-7-4-5-8(13)9(10,11)12/h8,13H,2-7H2,1H3/t8-/m1/s1. The van der Waals surface area contributed by atoms with Gasteiger partial charge in [0.05, 0.1) is 0 Å². The maximum Gasteiger partial charge on any atom is 0.414 e. The van der Waals surface area contributed by atoms with Gasteiger partial charge in [-0.1, -0.05) is 13.3 Å². The van der Waals surface area contributed by atoms with E-state index in [1.54, 1.807) is 0 Å². The van der Waals surface area contributed by atoms with Gasteiger partial charge in [0.15, 0.2) is 0 Å². The Morgan fingerprint density at radius 2 is 1.79 bits per heavy atom. The Morgan fingerprint density at radius 1 is 1.21 bits per heavy atom. The van der Waals surface area contributed by atoms with Crippen LogP contribution in [0.2, 0.25) is 0 Å². The van der Waals surface area contributed by atoms with Crippen LogP contribution >= 0.6 is 0 Å². The van der Waals surface area contributed by atoms with Crippen molar-refractivity contribution >= 4 is 0 Å².